The van der Waals surface area contributed by atoms with E-state index in [0.717, 1.165) is 24.5 Å². The molecule has 3 nitrogen and oxygen atoms in total. The molecule has 1 aromatic rings. The van der Waals surface area contributed by atoms with E-state index in [4.69, 9.17) is 5.73 Å². The lowest BCUT2D eigenvalue weighted by Gasteiger charge is -2.21. The van der Waals surface area contributed by atoms with Gasteiger partial charge in [0, 0.05) is 13.1 Å². The SMILES string of the molecule is C=C(C)CN(CC)c1cccc(N)n1. The number of aromatic nitrogens is 1. The predicted octanol–water partition coefficient (Wildman–Crippen LogP) is 2.07. The summed E-state index contributed by atoms with van der Waals surface area (Å²) in [7, 11) is 0. The summed E-state index contributed by atoms with van der Waals surface area (Å²) in [5.41, 5.74) is 6.74. The molecule has 3 heteroatoms. The lowest BCUT2D eigenvalue weighted by atomic mass is 10.3. The van der Waals surface area contributed by atoms with Crippen LogP contribution in [0.4, 0.5) is 11.6 Å². The lowest BCUT2D eigenvalue weighted by molar-refractivity contribution is 0.861. The maximum absolute atomic E-state index is 5.62. The number of nitrogens with zero attached hydrogens (tertiary/aromatic N) is 2. The van der Waals surface area contributed by atoms with Crippen molar-refractivity contribution in [3.63, 3.8) is 0 Å². The molecule has 2 N–H and O–H groups in total. The summed E-state index contributed by atoms with van der Waals surface area (Å²) in [6, 6.07) is 5.67. The highest BCUT2D eigenvalue weighted by atomic mass is 15.2. The van der Waals surface area contributed by atoms with Gasteiger partial charge in [-0.2, -0.15) is 0 Å². The Labute approximate surface area is 85.3 Å². The largest absolute Gasteiger partial charge is 0.384 e. The first-order valence-corrected chi connectivity index (χ1v) is 4.75. The van der Waals surface area contributed by atoms with E-state index in [-0.39, 0.29) is 0 Å². The molecule has 0 aromatic carbocycles. The molecular formula is C11H17N3. The number of nitrogens with two attached hydrogens (primary N) is 1. The number of nitrogen functional groups attached to an aromatic ring is 1. The molecule has 1 heterocycles. The normalized spacial score (nSPS) is 9.86. The minimum Gasteiger partial charge on any atom is -0.384 e. The van der Waals surface area contributed by atoms with Gasteiger partial charge in [0.05, 0.1) is 0 Å². The van der Waals surface area contributed by atoms with Crippen molar-refractivity contribution in [3.8, 4) is 0 Å². The van der Waals surface area contributed by atoms with Crippen LogP contribution < -0.4 is 10.6 Å². The van der Waals surface area contributed by atoms with Crippen molar-refractivity contribution < 1.29 is 0 Å². The van der Waals surface area contributed by atoms with Crippen LogP contribution in [0.15, 0.2) is 30.4 Å². The molecule has 0 aliphatic rings. The van der Waals surface area contributed by atoms with Gasteiger partial charge in [-0.25, -0.2) is 4.98 Å². The Morgan fingerprint density at radius 1 is 1.57 bits per heavy atom. The smallest absolute Gasteiger partial charge is 0.131 e. The van der Waals surface area contributed by atoms with Crippen LogP contribution in [0, 0.1) is 0 Å². The first-order valence-electron chi connectivity index (χ1n) is 4.75. The van der Waals surface area contributed by atoms with Crippen molar-refractivity contribution in [1.82, 2.24) is 4.98 Å². The first-order chi connectivity index (χ1) is 6.63. The molecule has 1 aromatic heterocycles. The van der Waals surface area contributed by atoms with Crippen LogP contribution in [0.1, 0.15) is 13.8 Å². The Balaban J connectivity index is 2.83. The summed E-state index contributed by atoms with van der Waals surface area (Å²) in [6.45, 7) is 9.72. The van der Waals surface area contributed by atoms with Gasteiger partial charge in [0.2, 0.25) is 0 Å². The number of rotatable bonds is 4. The highest BCUT2D eigenvalue weighted by Crippen LogP contribution is 2.13. The van der Waals surface area contributed by atoms with Crippen LogP contribution in [0.5, 0.6) is 0 Å². The molecule has 0 atom stereocenters. The van der Waals surface area contributed by atoms with Crippen molar-refractivity contribution in [3.05, 3.63) is 30.4 Å². The van der Waals surface area contributed by atoms with Gasteiger partial charge in [-0.15, -0.1) is 0 Å². The van der Waals surface area contributed by atoms with E-state index in [0.29, 0.717) is 5.82 Å². The Morgan fingerprint density at radius 3 is 2.79 bits per heavy atom. The summed E-state index contributed by atoms with van der Waals surface area (Å²) in [5, 5.41) is 0. The van der Waals surface area contributed by atoms with E-state index in [1.165, 1.54) is 0 Å². The van der Waals surface area contributed by atoms with Gasteiger partial charge in [-0.3, -0.25) is 0 Å². The maximum Gasteiger partial charge on any atom is 0.131 e. The molecule has 0 amide bonds. The molecule has 0 radical (unpaired) electrons. The van der Waals surface area contributed by atoms with E-state index in [9.17, 15) is 0 Å². The fraction of sp³-hybridized carbons (Fsp3) is 0.364. The third kappa shape index (κ3) is 2.76. The second-order valence-corrected chi connectivity index (χ2v) is 3.39. The van der Waals surface area contributed by atoms with Gasteiger partial charge >= 0.3 is 0 Å². The van der Waals surface area contributed by atoms with E-state index in [1.807, 2.05) is 19.1 Å². The summed E-state index contributed by atoms with van der Waals surface area (Å²) in [5.74, 6) is 1.47. The highest BCUT2D eigenvalue weighted by molar-refractivity contribution is 5.45. The molecule has 0 saturated carbocycles. The van der Waals surface area contributed by atoms with Crippen molar-refractivity contribution >= 4 is 11.6 Å². The minimum absolute atomic E-state index is 0.558. The van der Waals surface area contributed by atoms with Gasteiger partial charge in [0.15, 0.2) is 0 Å². The van der Waals surface area contributed by atoms with Gasteiger partial charge in [-0.05, 0) is 26.0 Å². The summed E-state index contributed by atoms with van der Waals surface area (Å²) < 4.78 is 0. The molecule has 0 saturated heterocycles. The van der Waals surface area contributed by atoms with E-state index in [1.54, 1.807) is 6.07 Å². The van der Waals surface area contributed by atoms with Crippen molar-refractivity contribution in [2.45, 2.75) is 13.8 Å². The number of anilines is 2. The quantitative estimate of drug-likeness (QED) is 0.741. The van der Waals surface area contributed by atoms with Gasteiger partial charge < -0.3 is 10.6 Å². The van der Waals surface area contributed by atoms with E-state index < -0.39 is 0 Å². The molecule has 0 spiro atoms. The molecule has 0 fully saturated rings. The molecule has 0 aliphatic carbocycles. The average Bonchev–Trinajstić information content (AvgIpc) is 2.14. The molecule has 0 unspecified atom stereocenters. The molecular weight excluding hydrogens is 174 g/mol. The van der Waals surface area contributed by atoms with Crippen LogP contribution in [-0.4, -0.2) is 18.1 Å². The standard InChI is InChI=1S/C11H17N3/c1-4-14(8-9(2)3)11-7-5-6-10(12)13-11/h5-7H,2,4,8H2,1,3H3,(H2,12,13). The summed E-state index contributed by atoms with van der Waals surface area (Å²) in [6.07, 6.45) is 0. The van der Waals surface area contributed by atoms with E-state index in [2.05, 4.69) is 23.4 Å². The molecule has 14 heavy (non-hydrogen) atoms. The third-order valence-corrected chi connectivity index (χ3v) is 1.92. The number of hydrogen-bond acceptors (Lipinski definition) is 3. The number of pyridine rings is 1. The molecule has 0 bridgehead atoms. The first kappa shape index (κ1) is 10.6. The number of hydrogen-bond donors (Lipinski definition) is 1. The third-order valence-electron chi connectivity index (χ3n) is 1.92. The fourth-order valence-electron chi connectivity index (χ4n) is 1.30. The Kier molecular flexibility index (Phi) is 3.51. The topological polar surface area (TPSA) is 42.1 Å². The van der Waals surface area contributed by atoms with Gasteiger partial charge in [0.25, 0.3) is 0 Å². The fourth-order valence-corrected chi connectivity index (χ4v) is 1.30. The molecule has 76 valence electrons. The molecule has 0 aliphatic heterocycles. The zero-order valence-corrected chi connectivity index (χ0v) is 8.83. The van der Waals surface area contributed by atoms with Crippen LogP contribution in [-0.2, 0) is 0 Å². The van der Waals surface area contributed by atoms with Crippen molar-refractivity contribution in [1.29, 1.82) is 0 Å². The number of likely N-dealkylation sites (N-methyl/N-ethyl adjacent to an activating group) is 1. The Hall–Kier alpha value is -1.51. The van der Waals surface area contributed by atoms with Gasteiger partial charge in [-0.1, -0.05) is 18.2 Å². The van der Waals surface area contributed by atoms with Crippen molar-refractivity contribution in [2.24, 2.45) is 0 Å². The Bertz CT molecular complexity index is 320. The van der Waals surface area contributed by atoms with Gasteiger partial charge in [0.1, 0.15) is 11.6 Å². The van der Waals surface area contributed by atoms with Crippen LogP contribution >= 0.6 is 0 Å². The average molecular weight is 191 g/mol. The minimum atomic E-state index is 0.558. The van der Waals surface area contributed by atoms with E-state index >= 15 is 0 Å². The summed E-state index contributed by atoms with van der Waals surface area (Å²) in [4.78, 5) is 6.40. The lowest BCUT2D eigenvalue weighted by Crippen LogP contribution is -2.25. The Morgan fingerprint density at radius 2 is 2.29 bits per heavy atom. The second kappa shape index (κ2) is 4.65. The highest BCUT2D eigenvalue weighted by Gasteiger charge is 2.05. The predicted molar refractivity (Wildman–Crippen MR) is 61.4 cm³/mol. The molecule has 1 rings (SSSR count). The van der Waals surface area contributed by atoms with Crippen molar-refractivity contribution in [2.75, 3.05) is 23.7 Å². The van der Waals surface area contributed by atoms with Crippen LogP contribution in [0.2, 0.25) is 0 Å². The second-order valence-electron chi connectivity index (χ2n) is 3.39. The zero-order valence-electron chi connectivity index (χ0n) is 8.83. The van der Waals surface area contributed by atoms with Crippen LogP contribution in [0.25, 0.3) is 0 Å². The van der Waals surface area contributed by atoms with Crippen LogP contribution in [0.3, 0.4) is 0 Å². The zero-order chi connectivity index (χ0) is 10.6. The monoisotopic (exact) mass is 191 g/mol. The summed E-state index contributed by atoms with van der Waals surface area (Å²) >= 11 is 0. The maximum atomic E-state index is 5.62.